The number of esters is 1. The van der Waals surface area contributed by atoms with Crippen LogP contribution in [0.4, 0.5) is 15.8 Å². The second-order valence-electron chi connectivity index (χ2n) is 5.78. The maximum Gasteiger partial charge on any atom is 0.306 e. The molecule has 0 radical (unpaired) electrons. The molecule has 0 bridgehead atoms. The third kappa shape index (κ3) is 6.38. The zero-order chi connectivity index (χ0) is 21.4. The molecule has 0 fully saturated rings. The Morgan fingerprint density at radius 1 is 1.10 bits per heavy atom. The first kappa shape index (κ1) is 21.5. The Hall–Kier alpha value is -3.82. The molecule has 0 heterocycles. The summed E-state index contributed by atoms with van der Waals surface area (Å²) in [7, 11) is 1.34. The van der Waals surface area contributed by atoms with Gasteiger partial charge in [-0.3, -0.25) is 24.5 Å². The molecule has 0 aliphatic rings. The van der Waals surface area contributed by atoms with Crippen LogP contribution in [0.2, 0.25) is 0 Å². The second-order valence-corrected chi connectivity index (χ2v) is 5.78. The van der Waals surface area contributed by atoms with Crippen molar-refractivity contribution in [2.45, 2.75) is 12.8 Å². The summed E-state index contributed by atoms with van der Waals surface area (Å²) in [5.41, 5.74) is -0.207. The molecule has 0 unspecified atom stereocenters. The van der Waals surface area contributed by atoms with Gasteiger partial charge in [-0.2, -0.15) is 0 Å². The van der Waals surface area contributed by atoms with Crippen LogP contribution in [0, 0.1) is 15.9 Å². The van der Waals surface area contributed by atoms with Crippen molar-refractivity contribution in [1.82, 2.24) is 0 Å². The van der Waals surface area contributed by atoms with Crippen molar-refractivity contribution in [1.29, 1.82) is 0 Å². The number of rotatable bonds is 9. The van der Waals surface area contributed by atoms with E-state index in [4.69, 9.17) is 9.47 Å². The molecule has 2 rings (SSSR count). The number of nitrogens with zero attached hydrogens (tertiary/aromatic N) is 1. The summed E-state index contributed by atoms with van der Waals surface area (Å²) in [6.07, 6.45) is -0.442. The van der Waals surface area contributed by atoms with E-state index in [9.17, 15) is 28.9 Å². The lowest BCUT2D eigenvalue weighted by Crippen LogP contribution is -2.21. The van der Waals surface area contributed by atoms with Gasteiger partial charge in [-0.1, -0.05) is 0 Å². The number of amides is 1. The van der Waals surface area contributed by atoms with Gasteiger partial charge in [0.15, 0.2) is 12.4 Å². The van der Waals surface area contributed by atoms with Crippen LogP contribution in [-0.2, 0) is 14.3 Å². The van der Waals surface area contributed by atoms with E-state index in [0.717, 1.165) is 18.2 Å². The van der Waals surface area contributed by atoms with Crippen LogP contribution in [-0.4, -0.2) is 36.3 Å². The number of methoxy groups -OCH3 is 1. The van der Waals surface area contributed by atoms with Gasteiger partial charge >= 0.3 is 5.97 Å². The minimum Gasteiger partial charge on any atom is -0.496 e. The van der Waals surface area contributed by atoms with E-state index in [2.05, 4.69) is 5.32 Å². The van der Waals surface area contributed by atoms with Crippen LogP contribution in [0.15, 0.2) is 42.5 Å². The number of nitrogens with one attached hydrogen (secondary N) is 1. The first-order chi connectivity index (χ1) is 13.8. The standard InChI is InChI=1S/C19H17FN2O7/c1-28-14-6-7-15(16(10-14)22(26)27)21-18(24)11-29-19(25)9-8-17(23)12-2-4-13(20)5-3-12/h2-7,10H,8-9,11H2,1H3,(H,21,24). The smallest absolute Gasteiger partial charge is 0.306 e. The van der Waals surface area contributed by atoms with Gasteiger partial charge < -0.3 is 14.8 Å². The fraction of sp³-hybridized carbons (Fsp3) is 0.211. The first-order valence-electron chi connectivity index (χ1n) is 8.37. The van der Waals surface area contributed by atoms with Gasteiger partial charge in [0.1, 0.15) is 17.3 Å². The van der Waals surface area contributed by atoms with Gasteiger partial charge in [0.25, 0.3) is 11.6 Å². The van der Waals surface area contributed by atoms with Crippen molar-refractivity contribution < 1.29 is 33.2 Å². The van der Waals surface area contributed by atoms with Crippen LogP contribution in [0.5, 0.6) is 5.75 Å². The lowest BCUT2D eigenvalue weighted by atomic mass is 10.1. The van der Waals surface area contributed by atoms with E-state index in [-0.39, 0.29) is 41.3 Å². The van der Waals surface area contributed by atoms with E-state index in [1.54, 1.807) is 0 Å². The number of ketones is 1. The number of hydrogen-bond donors (Lipinski definition) is 1. The van der Waals surface area contributed by atoms with Crippen molar-refractivity contribution in [2.75, 3.05) is 19.0 Å². The second kappa shape index (κ2) is 9.93. The fourth-order valence-corrected chi connectivity index (χ4v) is 2.30. The van der Waals surface area contributed by atoms with Crippen molar-refractivity contribution in [2.24, 2.45) is 0 Å². The van der Waals surface area contributed by atoms with Gasteiger partial charge in [-0.05, 0) is 36.4 Å². The predicted octanol–water partition coefficient (Wildman–Crippen LogP) is 2.89. The molecule has 2 aromatic rings. The van der Waals surface area contributed by atoms with E-state index >= 15 is 0 Å². The highest BCUT2D eigenvalue weighted by atomic mass is 19.1. The van der Waals surface area contributed by atoms with Gasteiger partial charge in [0, 0.05) is 12.0 Å². The number of Topliss-reactive ketones (excluding diaryl/α,β-unsaturated/α-hetero) is 1. The van der Waals surface area contributed by atoms with Crippen LogP contribution in [0.25, 0.3) is 0 Å². The summed E-state index contributed by atoms with van der Waals surface area (Å²) in [4.78, 5) is 45.9. The number of carbonyl (C=O) groups excluding carboxylic acids is 3. The minimum atomic E-state index is -0.792. The number of carbonyl (C=O) groups is 3. The van der Waals surface area contributed by atoms with Crippen LogP contribution in [0.1, 0.15) is 23.2 Å². The molecule has 0 aromatic heterocycles. The SMILES string of the molecule is COc1ccc(NC(=O)COC(=O)CCC(=O)c2ccc(F)cc2)c([N+](=O)[O-])c1. The Morgan fingerprint density at radius 2 is 1.79 bits per heavy atom. The molecule has 1 N–H and O–H groups in total. The molecule has 0 aliphatic carbocycles. The summed E-state index contributed by atoms with van der Waals surface area (Å²) in [5, 5.41) is 13.4. The largest absolute Gasteiger partial charge is 0.496 e. The molecule has 0 aliphatic heterocycles. The van der Waals surface area contributed by atoms with Gasteiger partial charge in [0.2, 0.25) is 0 Å². The van der Waals surface area contributed by atoms with Crippen LogP contribution in [0.3, 0.4) is 0 Å². The predicted molar refractivity (Wildman–Crippen MR) is 99.2 cm³/mol. The van der Waals surface area contributed by atoms with Crippen molar-refractivity contribution in [3.05, 3.63) is 64.0 Å². The van der Waals surface area contributed by atoms with Crippen LogP contribution >= 0.6 is 0 Å². The lowest BCUT2D eigenvalue weighted by Gasteiger charge is -2.08. The number of nitro groups is 1. The Bertz CT molecular complexity index is 929. The zero-order valence-electron chi connectivity index (χ0n) is 15.3. The molecule has 1 amide bonds. The number of halogens is 1. The lowest BCUT2D eigenvalue weighted by molar-refractivity contribution is -0.384. The fourth-order valence-electron chi connectivity index (χ4n) is 2.30. The van der Waals surface area contributed by atoms with Gasteiger partial charge in [-0.15, -0.1) is 0 Å². The maximum absolute atomic E-state index is 12.8. The first-order valence-corrected chi connectivity index (χ1v) is 8.37. The van der Waals surface area contributed by atoms with Gasteiger partial charge in [0.05, 0.1) is 24.5 Å². The summed E-state index contributed by atoms with van der Waals surface area (Å²) in [6.45, 7) is -0.674. The van der Waals surface area contributed by atoms with E-state index in [1.807, 2.05) is 0 Å². The number of benzene rings is 2. The molecule has 2 aromatic carbocycles. The summed E-state index contributed by atoms with van der Waals surface area (Å²) in [5.74, 6) is -2.19. The monoisotopic (exact) mass is 404 g/mol. The highest BCUT2D eigenvalue weighted by molar-refractivity contribution is 5.98. The Balaban J connectivity index is 1.83. The average molecular weight is 404 g/mol. The van der Waals surface area contributed by atoms with Crippen molar-refractivity contribution in [3.8, 4) is 5.75 Å². The normalized spacial score (nSPS) is 10.1. The number of ether oxygens (including phenoxy) is 2. The highest BCUT2D eigenvalue weighted by Crippen LogP contribution is 2.28. The maximum atomic E-state index is 12.8. The van der Waals surface area contributed by atoms with Crippen LogP contribution < -0.4 is 10.1 Å². The van der Waals surface area contributed by atoms with Gasteiger partial charge in [-0.25, -0.2) is 4.39 Å². The summed E-state index contributed by atoms with van der Waals surface area (Å²) in [6, 6.07) is 8.73. The Morgan fingerprint density at radius 3 is 2.41 bits per heavy atom. The molecule has 9 nitrogen and oxygen atoms in total. The number of nitro benzene ring substituents is 1. The molecule has 0 spiro atoms. The third-order valence-electron chi connectivity index (χ3n) is 3.76. The Kier molecular flexibility index (Phi) is 7.35. The number of anilines is 1. The summed E-state index contributed by atoms with van der Waals surface area (Å²) >= 11 is 0. The topological polar surface area (TPSA) is 125 Å². The van der Waals surface area contributed by atoms with E-state index in [0.29, 0.717) is 0 Å². The summed E-state index contributed by atoms with van der Waals surface area (Å²) < 4.78 is 22.5. The van der Waals surface area contributed by atoms with Crippen molar-refractivity contribution >= 4 is 29.0 Å². The quantitative estimate of drug-likeness (QED) is 0.295. The third-order valence-corrected chi connectivity index (χ3v) is 3.76. The van der Waals surface area contributed by atoms with E-state index < -0.39 is 29.2 Å². The zero-order valence-corrected chi connectivity index (χ0v) is 15.3. The van der Waals surface area contributed by atoms with E-state index in [1.165, 1.54) is 31.4 Å². The molecule has 29 heavy (non-hydrogen) atoms. The molecular formula is C19H17FN2O7. The highest BCUT2D eigenvalue weighted by Gasteiger charge is 2.18. The molecule has 0 saturated carbocycles. The van der Waals surface area contributed by atoms with Crippen molar-refractivity contribution in [3.63, 3.8) is 0 Å². The molecule has 0 saturated heterocycles. The molecule has 0 atom stereocenters. The molecule has 152 valence electrons. The average Bonchev–Trinajstić information content (AvgIpc) is 2.71. The Labute approximate surface area is 164 Å². The number of hydrogen-bond acceptors (Lipinski definition) is 7. The molecular weight excluding hydrogens is 387 g/mol. The minimum absolute atomic E-state index is 0.0802. The molecule has 10 heteroatoms.